The van der Waals surface area contributed by atoms with Gasteiger partial charge in [-0.05, 0) is 82.3 Å². The fourth-order valence-corrected chi connectivity index (χ4v) is 4.75. The standard InChI is InChI=1S/C24H32ClN3O3S/c1-16(2)28(23(30)26-24(3,4)5)14-22(29)27-12-10-21-19(11-13-32-21)20(27)15-31-18-8-6-17(25)7-9-18/h6-9,11,13,16,20H,10,12,14-15H2,1-5H3,(H,26,30)/t20-/m0/s1. The van der Waals surface area contributed by atoms with Crippen LogP contribution in [0.2, 0.25) is 5.02 Å². The van der Waals surface area contributed by atoms with Gasteiger partial charge in [0.15, 0.2) is 0 Å². The van der Waals surface area contributed by atoms with E-state index in [1.807, 2.05) is 51.7 Å². The molecule has 1 aliphatic heterocycles. The smallest absolute Gasteiger partial charge is 0.318 e. The number of hydrogen-bond acceptors (Lipinski definition) is 4. The Morgan fingerprint density at radius 3 is 2.56 bits per heavy atom. The van der Waals surface area contributed by atoms with Gasteiger partial charge in [0.1, 0.15) is 18.9 Å². The molecule has 0 fully saturated rings. The van der Waals surface area contributed by atoms with Crippen molar-refractivity contribution in [1.29, 1.82) is 0 Å². The zero-order chi connectivity index (χ0) is 23.5. The quantitative estimate of drug-likeness (QED) is 0.627. The Morgan fingerprint density at radius 1 is 1.25 bits per heavy atom. The minimum atomic E-state index is -0.376. The lowest BCUT2D eigenvalue weighted by atomic mass is 10.0. The van der Waals surface area contributed by atoms with Crippen molar-refractivity contribution in [2.45, 2.75) is 58.7 Å². The highest BCUT2D eigenvalue weighted by Crippen LogP contribution is 2.34. The Bertz CT molecular complexity index is 937. The SMILES string of the molecule is CC(C)N(CC(=O)N1CCc2sccc2[C@@H]1COc1ccc(Cl)cc1)C(=O)NC(C)(C)C. The van der Waals surface area contributed by atoms with Gasteiger partial charge in [0.2, 0.25) is 5.91 Å². The minimum Gasteiger partial charge on any atom is -0.491 e. The summed E-state index contributed by atoms with van der Waals surface area (Å²) >= 11 is 7.68. The highest BCUT2D eigenvalue weighted by Gasteiger charge is 2.34. The molecule has 3 rings (SSSR count). The Balaban J connectivity index is 1.76. The molecule has 1 aromatic carbocycles. The van der Waals surface area contributed by atoms with Gasteiger partial charge in [-0.3, -0.25) is 4.79 Å². The molecule has 2 aromatic rings. The van der Waals surface area contributed by atoms with Gasteiger partial charge in [-0.1, -0.05) is 11.6 Å². The van der Waals surface area contributed by atoms with Gasteiger partial charge in [-0.15, -0.1) is 11.3 Å². The average Bonchev–Trinajstić information content (AvgIpc) is 3.18. The molecule has 3 amide bonds. The average molecular weight is 478 g/mol. The highest BCUT2D eigenvalue weighted by atomic mass is 35.5. The first kappa shape index (κ1) is 24.4. The molecule has 1 N–H and O–H groups in total. The van der Waals surface area contributed by atoms with E-state index < -0.39 is 0 Å². The predicted molar refractivity (Wildman–Crippen MR) is 130 cm³/mol. The molecule has 8 heteroatoms. The summed E-state index contributed by atoms with van der Waals surface area (Å²) in [6.45, 7) is 10.6. The van der Waals surface area contributed by atoms with Crippen LogP contribution in [0, 0.1) is 0 Å². The van der Waals surface area contributed by atoms with Crippen LogP contribution in [0.1, 0.15) is 51.1 Å². The summed E-state index contributed by atoms with van der Waals surface area (Å²) in [5, 5.41) is 5.67. The molecule has 174 valence electrons. The number of carbonyl (C=O) groups excluding carboxylic acids is 2. The van der Waals surface area contributed by atoms with Gasteiger partial charge in [0.25, 0.3) is 0 Å². The Labute approximate surface area is 199 Å². The van der Waals surface area contributed by atoms with Crippen LogP contribution in [-0.4, -0.2) is 53.0 Å². The van der Waals surface area contributed by atoms with E-state index in [9.17, 15) is 9.59 Å². The van der Waals surface area contributed by atoms with Crippen molar-refractivity contribution in [1.82, 2.24) is 15.1 Å². The molecule has 0 bridgehead atoms. The topological polar surface area (TPSA) is 61.9 Å². The number of rotatable bonds is 6. The van der Waals surface area contributed by atoms with E-state index in [0.717, 1.165) is 12.0 Å². The fraction of sp³-hybridized carbons (Fsp3) is 0.500. The van der Waals surface area contributed by atoms with Gasteiger partial charge >= 0.3 is 6.03 Å². The highest BCUT2D eigenvalue weighted by molar-refractivity contribution is 7.10. The number of benzene rings is 1. The van der Waals surface area contributed by atoms with E-state index >= 15 is 0 Å². The van der Waals surface area contributed by atoms with Crippen molar-refractivity contribution in [3.05, 3.63) is 51.2 Å². The first-order valence-corrected chi connectivity index (χ1v) is 12.1. The normalized spacial score (nSPS) is 16.0. The van der Waals surface area contributed by atoms with Gasteiger partial charge in [-0.25, -0.2) is 4.79 Å². The van der Waals surface area contributed by atoms with Crippen LogP contribution in [0.5, 0.6) is 5.75 Å². The lowest BCUT2D eigenvalue weighted by molar-refractivity contribution is -0.135. The van der Waals surface area contributed by atoms with E-state index in [2.05, 4.69) is 16.8 Å². The van der Waals surface area contributed by atoms with Crippen LogP contribution in [-0.2, 0) is 11.2 Å². The number of hydrogen-bond donors (Lipinski definition) is 1. The molecule has 0 saturated carbocycles. The van der Waals surface area contributed by atoms with Crippen molar-refractivity contribution in [3.63, 3.8) is 0 Å². The first-order chi connectivity index (χ1) is 15.0. The third-order valence-corrected chi connectivity index (χ3v) is 6.56. The van der Waals surface area contributed by atoms with Crippen LogP contribution < -0.4 is 10.1 Å². The first-order valence-electron chi connectivity index (χ1n) is 10.9. The number of carbonyl (C=O) groups is 2. The van der Waals surface area contributed by atoms with Crippen molar-refractivity contribution in [2.24, 2.45) is 0 Å². The Kier molecular flexibility index (Phi) is 7.72. The summed E-state index contributed by atoms with van der Waals surface area (Å²) in [6.07, 6.45) is 0.812. The van der Waals surface area contributed by atoms with Crippen LogP contribution in [0.15, 0.2) is 35.7 Å². The molecule has 0 spiro atoms. The number of nitrogens with one attached hydrogen (secondary N) is 1. The van der Waals surface area contributed by atoms with Crippen molar-refractivity contribution < 1.29 is 14.3 Å². The van der Waals surface area contributed by atoms with E-state index in [0.29, 0.717) is 23.9 Å². The van der Waals surface area contributed by atoms with Gasteiger partial charge in [-0.2, -0.15) is 0 Å². The second-order valence-corrected chi connectivity index (χ2v) is 10.8. The van der Waals surface area contributed by atoms with E-state index in [-0.39, 0.29) is 36.1 Å². The molecule has 1 aromatic heterocycles. The number of nitrogens with zero attached hydrogens (tertiary/aromatic N) is 2. The summed E-state index contributed by atoms with van der Waals surface area (Å²) in [5.41, 5.74) is 0.748. The molecular formula is C24H32ClN3O3S. The second kappa shape index (κ2) is 10.1. The van der Waals surface area contributed by atoms with E-state index in [1.165, 1.54) is 4.88 Å². The van der Waals surface area contributed by atoms with Crippen LogP contribution in [0.25, 0.3) is 0 Å². The monoisotopic (exact) mass is 477 g/mol. The van der Waals surface area contributed by atoms with Gasteiger partial charge < -0.3 is 19.9 Å². The van der Waals surface area contributed by atoms with Crippen molar-refractivity contribution >= 4 is 34.9 Å². The summed E-state index contributed by atoms with van der Waals surface area (Å²) in [6, 6.07) is 8.74. The molecule has 32 heavy (non-hydrogen) atoms. The molecule has 1 atom stereocenters. The van der Waals surface area contributed by atoms with E-state index in [4.69, 9.17) is 16.3 Å². The van der Waals surface area contributed by atoms with Crippen molar-refractivity contribution in [2.75, 3.05) is 19.7 Å². The lowest BCUT2D eigenvalue weighted by Crippen LogP contribution is -2.54. The summed E-state index contributed by atoms with van der Waals surface area (Å²) < 4.78 is 6.03. The van der Waals surface area contributed by atoms with E-state index in [1.54, 1.807) is 28.4 Å². The summed E-state index contributed by atoms with van der Waals surface area (Å²) in [5.74, 6) is 0.627. The largest absolute Gasteiger partial charge is 0.491 e. The Morgan fingerprint density at radius 2 is 1.94 bits per heavy atom. The number of halogens is 1. The maximum atomic E-state index is 13.4. The zero-order valence-electron chi connectivity index (χ0n) is 19.4. The molecule has 0 unspecified atom stereocenters. The number of fused-ring (bicyclic) bond motifs is 1. The number of ether oxygens (including phenoxy) is 1. The molecule has 2 heterocycles. The van der Waals surface area contributed by atoms with Crippen LogP contribution >= 0.6 is 22.9 Å². The molecule has 0 aliphatic carbocycles. The molecule has 0 saturated heterocycles. The molecule has 0 radical (unpaired) electrons. The van der Waals surface area contributed by atoms with Gasteiger partial charge in [0.05, 0.1) is 6.04 Å². The molecule has 6 nitrogen and oxygen atoms in total. The maximum absolute atomic E-state index is 13.4. The minimum absolute atomic E-state index is 0.0243. The zero-order valence-corrected chi connectivity index (χ0v) is 20.9. The molecular weight excluding hydrogens is 446 g/mol. The third-order valence-electron chi connectivity index (χ3n) is 5.31. The number of thiophene rings is 1. The summed E-state index contributed by atoms with van der Waals surface area (Å²) in [4.78, 5) is 30.9. The van der Waals surface area contributed by atoms with Crippen LogP contribution in [0.3, 0.4) is 0 Å². The second-order valence-electron chi connectivity index (χ2n) is 9.32. The number of amides is 3. The van der Waals surface area contributed by atoms with Crippen molar-refractivity contribution in [3.8, 4) is 5.75 Å². The number of urea groups is 1. The Hall–Kier alpha value is -2.25. The lowest BCUT2D eigenvalue weighted by Gasteiger charge is -2.38. The summed E-state index contributed by atoms with van der Waals surface area (Å²) in [7, 11) is 0. The molecule has 1 aliphatic rings. The predicted octanol–water partition coefficient (Wildman–Crippen LogP) is 5.12. The third kappa shape index (κ3) is 6.17. The maximum Gasteiger partial charge on any atom is 0.318 e. The fourth-order valence-electron chi connectivity index (χ4n) is 3.70. The van der Waals surface area contributed by atoms with Crippen LogP contribution in [0.4, 0.5) is 4.79 Å². The van der Waals surface area contributed by atoms with Gasteiger partial charge in [0, 0.05) is 28.0 Å².